The molecule has 0 bridgehead atoms. The number of likely N-dealkylation sites (tertiary alicyclic amines) is 1. The maximum atomic E-state index is 12.6. The minimum Gasteiger partial charge on any atom is -0.394 e. The number of aromatic nitrogens is 2. The third-order valence-corrected chi connectivity index (χ3v) is 4.38. The largest absolute Gasteiger partial charge is 0.394 e. The second-order valence-electron chi connectivity index (χ2n) is 6.19. The van der Waals surface area contributed by atoms with Gasteiger partial charge >= 0.3 is 0 Å². The van der Waals surface area contributed by atoms with Gasteiger partial charge in [0.05, 0.1) is 23.8 Å². The summed E-state index contributed by atoms with van der Waals surface area (Å²) in [5.74, 6) is -0.757. The van der Waals surface area contributed by atoms with E-state index in [1.54, 1.807) is 11.0 Å². The van der Waals surface area contributed by atoms with Crippen molar-refractivity contribution >= 4 is 22.8 Å². The highest BCUT2D eigenvalue weighted by Crippen LogP contribution is 2.12. The number of nitrogens with zero attached hydrogens (tertiary/aromatic N) is 3. The van der Waals surface area contributed by atoms with Crippen molar-refractivity contribution in [2.45, 2.75) is 31.7 Å². The van der Waals surface area contributed by atoms with Crippen molar-refractivity contribution in [3.05, 3.63) is 36.2 Å². The average Bonchev–Trinajstić information content (AvgIpc) is 2.94. The molecule has 1 aliphatic heterocycles. The van der Waals surface area contributed by atoms with E-state index in [-0.39, 0.29) is 11.6 Å². The van der Waals surface area contributed by atoms with E-state index in [2.05, 4.69) is 15.3 Å². The molecule has 1 aromatic carbocycles. The molecule has 1 saturated heterocycles. The van der Waals surface area contributed by atoms with Crippen molar-refractivity contribution in [1.82, 2.24) is 20.2 Å². The summed E-state index contributed by atoms with van der Waals surface area (Å²) in [6.45, 7) is 0.893. The Hall–Kier alpha value is -2.54. The summed E-state index contributed by atoms with van der Waals surface area (Å²) in [7, 11) is 0. The lowest BCUT2D eigenvalue weighted by atomic mass is 10.2. The number of aliphatic hydroxyl groups is 1. The quantitative estimate of drug-likeness (QED) is 0.868. The van der Waals surface area contributed by atoms with Gasteiger partial charge in [0.1, 0.15) is 11.7 Å². The SMILES string of the molecule is O=C(N[C@@H](CO)C(=O)N1CCCCCC1)c1cnc2ccccc2n1. The van der Waals surface area contributed by atoms with Crippen molar-refractivity contribution < 1.29 is 14.7 Å². The fourth-order valence-corrected chi connectivity index (χ4v) is 3.00. The number of para-hydroxylation sites is 2. The molecule has 1 aromatic heterocycles. The van der Waals surface area contributed by atoms with E-state index in [0.29, 0.717) is 24.1 Å². The fraction of sp³-hybridized carbons (Fsp3) is 0.444. The van der Waals surface area contributed by atoms with Crippen LogP contribution in [-0.4, -0.2) is 57.5 Å². The lowest BCUT2D eigenvalue weighted by Crippen LogP contribution is -2.51. The van der Waals surface area contributed by atoms with E-state index in [0.717, 1.165) is 25.7 Å². The van der Waals surface area contributed by atoms with E-state index < -0.39 is 18.6 Å². The first-order valence-electron chi connectivity index (χ1n) is 8.61. The van der Waals surface area contributed by atoms with Gasteiger partial charge in [0.2, 0.25) is 5.91 Å². The van der Waals surface area contributed by atoms with E-state index in [1.807, 2.05) is 18.2 Å². The predicted molar refractivity (Wildman–Crippen MR) is 92.9 cm³/mol. The molecular weight excluding hydrogens is 320 g/mol. The van der Waals surface area contributed by atoms with Gasteiger partial charge in [-0.1, -0.05) is 25.0 Å². The molecule has 2 aromatic rings. The number of carbonyl (C=O) groups excluding carboxylic acids is 2. The average molecular weight is 342 g/mol. The molecule has 7 heteroatoms. The number of aliphatic hydroxyl groups excluding tert-OH is 1. The number of carbonyl (C=O) groups is 2. The van der Waals surface area contributed by atoms with Gasteiger partial charge in [-0.25, -0.2) is 4.98 Å². The Morgan fingerprint density at radius 1 is 1.12 bits per heavy atom. The van der Waals surface area contributed by atoms with Gasteiger partial charge in [-0.2, -0.15) is 0 Å². The van der Waals surface area contributed by atoms with Gasteiger partial charge in [-0.15, -0.1) is 0 Å². The Morgan fingerprint density at radius 2 is 1.80 bits per heavy atom. The van der Waals surface area contributed by atoms with Gasteiger partial charge in [-0.3, -0.25) is 14.6 Å². The van der Waals surface area contributed by atoms with Crippen LogP contribution in [0.4, 0.5) is 0 Å². The van der Waals surface area contributed by atoms with Crippen LogP contribution in [0.3, 0.4) is 0 Å². The highest BCUT2D eigenvalue weighted by Gasteiger charge is 2.26. The lowest BCUT2D eigenvalue weighted by molar-refractivity contribution is -0.134. The molecule has 1 aliphatic rings. The Bertz CT molecular complexity index is 757. The number of nitrogens with one attached hydrogen (secondary N) is 1. The fourth-order valence-electron chi connectivity index (χ4n) is 3.00. The molecule has 0 unspecified atom stereocenters. The zero-order valence-corrected chi connectivity index (χ0v) is 14.0. The Morgan fingerprint density at radius 3 is 2.48 bits per heavy atom. The first kappa shape index (κ1) is 17.3. The maximum Gasteiger partial charge on any atom is 0.272 e. The summed E-state index contributed by atoms with van der Waals surface area (Å²) < 4.78 is 0. The Labute approximate surface area is 146 Å². The predicted octanol–water partition coefficient (Wildman–Crippen LogP) is 1.12. The molecule has 2 N–H and O–H groups in total. The number of fused-ring (bicyclic) bond motifs is 1. The van der Waals surface area contributed by atoms with Crippen LogP contribution in [0.1, 0.15) is 36.2 Å². The number of hydrogen-bond acceptors (Lipinski definition) is 5. The highest BCUT2D eigenvalue weighted by molar-refractivity contribution is 5.97. The number of rotatable bonds is 4. The van der Waals surface area contributed by atoms with Crippen molar-refractivity contribution in [2.24, 2.45) is 0 Å². The summed E-state index contributed by atoms with van der Waals surface area (Å²) in [6, 6.07) is 6.28. The zero-order chi connectivity index (χ0) is 17.6. The van der Waals surface area contributed by atoms with Crippen molar-refractivity contribution in [2.75, 3.05) is 19.7 Å². The number of hydrogen-bond donors (Lipinski definition) is 2. The molecule has 1 atom stereocenters. The molecular formula is C18H22N4O3. The molecule has 2 heterocycles. The van der Waals surface area contributed by atoms with E-state index in [4.69, 9.17) is 0 Å². The normalized spacial score (nSPS) is 16.3. The molecule has 0 aliphatic carbocycles. The summed E-state index contributed by atoms with van der Waals surface area (Å²) in [5, 5.41) is 12.1. The van der Waals surface area contributed by atoms with E-state index in [1.165, 1.54) is 6.20 Å². The minimum absolute atomic E-state index is 0.126. The minimum atomic E-state index is -0.959. The number of amides is 2. The molecule has 2 amide bonds. The standard InChI is InChI=1S/C18H22N4O3/c23-12-16(18(25)22-9-5-1-2-6-10-22)21-17(24)15-11-19-13-7-3-4-8-14(13)20-15/h3-4,7-8,11,16,23H,1-2,5-6,9-10,12H2,(H,21,24)/t16-/m0/s1. The monoisotopic (exact) mass is 342 g/mol. The molecule has 0 spiro atoms. The molecule has 1 fully saturated rings. The van der Waals surface area contributed by atoms with Crippen LogP contribution in [0.25, 0.3) is 11.0 Å². The van der Waals surface area contributed by atoms with Crippen molar-refractivity contribution in [3.63, 3.8) is 0 Å². The van der Waals surface area contributed by atoms with Gasteiger partial charge in [0, 0.05) is 13.1 Å². The summed E-state index contributed by atoms with van der Waals surface area (Å²) in [4.78, 5) is 35.2. The van der Waals surface area contributed by atoms with Crippen LogP contribution in [-0.2, 0) is 4.79 Å². The van der Waals surface area contributed by atoms with Crippen LogP contribution in [0.2, 0.25) is 0 Å². The van der Waals surface area contributed by atoms with E-state index in [9.17, 15) is 14.7 Å². The first-order valence-corrected chi connectivity index (χ1v) is 8.61. The van der Waals surface area contributed by atoms with Crippen molar-refractivity contribution in [1.29, 1.82) is 0 Å². The molecule has 7 nitrogen and oxygen atoms in total. The third-order valence-electron chi connectivity index (χ3n) is 4.38. The van der Waals surface area contributed by atoms with Gasteiger partial charge < -0.3 is 15.3 Å². The Kier molecular flexibility index (Phi) is 5.55. The van der Waals surface area contributed by atoms with Gasteiger partial charge in [-0.05, 0) is 25.0 Å². The second-order valence-corrected chi connectivity index (χ2v) is 6.19. The molecule has 25 heavy (non-hydrogen) atoms. The van der Waals surface area contributed by atoms with Crippen molar-refractivity contribution in [3.8, 4) is 0 Å². The van der Waals surface area contributed by atoms with Crippen LogP contribution in [0, 0.1) is 0 Å². The molecule has 132 valence electrons. The third kappa shape index (κ3) is 4.11. The molecule has 0 saturated carbocycles. The maximum absolute atomic E-state index is 12.6. The van der Waals surface area contributed by atoms with Crippen LogP contribution < -0.4 is 5.32 Å². The highest BCUT2D eigenvalue weighted by atomic mass is 16.3. The zero-order valence-electron chi connectivity index (χ0n) is 14.0. The van der Waals surface area contributed by atoms with Crippen LogP contribution in [0.15, 0.2) is 30.5 Å². The smallest absolute Gasteiger partial charge is 0.272 e. The van der Waals surface area contributed by atoms with Crippen LogP contribution >= 0.6 is 0 Å². The lowest BCUT2D eigenvalue weighted by Gasteiger charge is -2.25. The topological polar surface area (TPSA) is 95.4 Å². The first-order chi connectivity index (χ1) is 12.2. The molecule has 3 rings (SSSR count). The summed E-state index contributed by atoms with van der Waals surface area (Å²) in [5.41, 5.74) is 1.42. The summed E-state index contributed by atoms with van der Waals surface area (Å²) in [6.07, 6.45) is 5.49. The second kappa shape index (κ2) is 8.02. The Balaban J connectivity index is 1.71. The van der Waals surface area contributed by atoms with Gasteiger partial charge in [0.15, 0.2) is 0 Å². The van der Waals surface area contributed by atoms with E-state index >= 15 is 0 Å². The number of benzene rings is 1. The molecule has 0 radical (unpaired) electrons. The summed E-state index contributed by atoms with van der Waals surface area (Å²) >= 11 is 0. The van der Waals surface area contributed by atoms with Crippen LogP contribution in [0.5, 0.6) is 0 Å². The van der Waals surface area contributed by atoms with Gasteiger partial charge in [0.25, 0.3) is 5.91 Å².